The summed E-state index contributed by atoms with van der Waals surface area (Å²) in [5.41, 5.74) is 0.986. The number of hydrogen-bond donors (Lipinski definition) is 2. The Hall–Kier alpha value is -1.22. The first-order valence-electron chi connectivity index (χ1n) is 4.24. The van der Waals surface area contributed by atoms with Crippen LogP contribution in [0.3, 0.4) is 0 Å². The molecule has 0 amide bonds. The lowest BCUT2D eigenvalue weighted by molar-refractivity contribution is 0.254. The Labute approximate surface area is 80.1 Å². The highest BCUT2D eigenvalue weighted by molar-refractivity contribution is 5.20. The van der Waals surface area contributed by atoms with Gasteiger partial charge in [-0.1, -0.05) is 12.7 Å². The van der Waals surface area contributed by atoms with Gasteiger partial charge in [0, 0.05) is 32.5 Å². The lowest BCUT2D eigenvalue weighted by atomic mass is 10.3. The van der Waals surface area contributed by atoms with Crippen molar-refractivity contribution < 1.29 is 5.11 Å². The Bertz CT molecular complexity index is 197. The van der Waals surface area contributed by atoms with Gasteiger partial charge in [0.1, 0.15) is 0 Å². The van der Waals surface area contributed by atoms with E-state index in [-0.39, 0.29) is 6.61 Å². The standard InChI is InChI=1S/C10H18N2O/c1-4-5-10(11-2)6-7-12(3)8-9-13/h4-7,11,13H,1,8-9H2,2-3H3/b7-6-,10-5+. The van der Waals surface area contributed by atoms with E-state index in [1.54, 1.807) is 6.08 Å². The van der Waals surface area contributed by atoms with Gasteiger partial charge >= 0.3 is 0 Å². The minimum atomic E-state index is 0.168. The van der Waals surface area contributed by atoms with E-state index in [4.69, 9.17) is 5.11 Å². The summed E-state index contributed by atoms with van der Waals surface area (Å²) in [7, 11) is 3.76. The Morgan fingerprint density at radius 3 is 2.77 bits per heavy atom. The smallest absolute Gasteiger partial charge is 0.0606 e. The third-order valence-corrected chi connectivity index (χ3v) is 1.55. The molecule has 0 aliphatic carbocycles. The molecule has 0 fully saturated rings. The summed E-state index contributed by atoms with van der Waals surface area (Å²) in [5.74, 6) is 0. The maximum absolute atomic E-state index is 8.64. The van der Waals surface area contributed by atoms with Crippen molar-refractivity contribution in [2.24, 2.45) is 0 Å². The summed E-state index contributed by atoms with van der Waals surface area (Å²) >= 11 is 0. The Morgan fingerprint density at radius 2 is 2.31 bits per heavy atom. The third-order valence-electron chi connectivity index (χ3n) is 1.55. The van der Waals surface area contributed by atoms with Gasteiger partial charge in [0.15, 0.2) is 0 Å². The molecule has 0 rings (SSSR count). The molecule has 74 valence electrons. The predicted octanol–water partition coefficient (Wildman–Crippen LogP) is 0.713. The summed E-state index contributed by atoms with van der Waals surface area (Å²) in [5, 5.41) is 11.7. The fraction of sp³-hybridized carbons (Fsp3) is 0.400. The van der Waals surface area contributed by atoms with Crippen molar-refractivity contribution >= 4 is 0 Å². The van der Waals surface area contributed by atoms with Gasteiger partial charge in [0.2, 0.25) is 0 Å². The number of hydrogen-bond acceptors (Lipinski definition) is 3. The molecule has 2 N–H and O–H groups in total. The molecular formula is C10H18N2O. The Kier molecular flexibility index (Phi) is 6.73. The van der Waals surface area contributed by atoms with E-state index in [9.17, 15) is 0 Å². The van der Waals surface area contributed by atoms with E-state index in [1.165, 1.54) is 0 Å². The topological polar surface area (TPSA) is 35.5 Å². The second-order valence-electron chi connectivity index (χ2n) is 2.63. The molecule has 0 saturated carbocycles. The largest absolute Gasteiger partial charge is 0.395 e. The van der Waals surface area contributed by atoms with Crippen LogP contribution in [0.4, 0.5) is 0 Å². The first kappa shape index (κ1) is 11.8. The Morgan fingerprint density at radius 1 is 1.62 bits per heavy atom. The molecule has 0 unspecified atom stereocenters. The minimum Gasteiger partial charge on any atom is -0.395 e. The van der Waals surface area contributed by atoms with Gasteiger partial charge in [0.25, 0.3) is 0 Å². The predicted molar refractivity (Wildman–Crippen MR) is 56.2 cm³/mol. The molecular weight excluding hydrogens is 164 g/mol. The molecule has 0 aromatic heterocycles. The summed E-state index contributed by atoms with van der Waals surface area (Å²) in [6.07, 6.45) is 7.44. The van der Waals surface area contributed by atoms with Gasteiger partial charge in [-0.15, -0.1) is 0 Å². The number of nitrogens with zero attached hydrogens (tertiary/aromatic N) is 1. The summed E-state index contributed by atoms with van der Waals surface area (Å²) in [6, 6.07) is 0. The van der Waals surface area contributed by atoms with Crippen LogP contribution >= 0.6 is 0 Å². The van der Waals surface area contributed by atoms with Gasteiger partial charge in [-0.05, 0) is 12.2 Å². The summed E-state index contributed by atoms with van der Waals surface area (Å²) in [6.45, 7) is 4.42. The molecule has 0 saturated heterocycles. The zero-order valence-electron chi connectivity index (χ0n) is 8.33. The van der Waals surface area contributed by atoms with E-state index in [1.807, 2.05) is 37.3 Å². The highest BCUT2D eigenvalue weighted by atomic mass is 16.3. The van der Waals surface area contributed by atoms with Crippen molar-refractivity contribution in [1.82, 2.24) is 10.2 Å². The number of aliphatic hydroxyl groups is 1. The van der Waals surface area contributed by atoms with E-state index in [0.717, 1.165) is 5.70 Å². The molecule has 0 aliphatic rings. The fourth-order valence-electron chi connectivity index (χ4n) is 0.789. The number of aliphatic hydroxyl groups excluding tert-OH is 1. The second kappa shape index (κ2) is 7.43. The van der Waals surface area contributed by atoms with Crippen LogP contribution in [0.2, 0.25) is 0 Å². The zero-order chi connectivity index (χ0) is 10.1. The van der Waals surface area contributed by atoms with Crippen molar-refractivity contribution in [3.05, 3.63) is 36.7 Å². The first-order valence-corrected chi connectivity index (χ1v) is 4.24. The van der Waals surface area contributed by atoms with Gasteiger partial charge in [-0.25, -0.2) is 0 Å². The van der Waals surface area contributed by atoms with E-state index in [0.29, 0.717) is 6.54 Å². The molecule has 13 heavy (non-hydrogen) atoms. The molecule has 3 nitrogen and oxygen atoms in total. The van der Waals surface area contributed by atoms with E-state index in [2.05, 4.69) is 11.9 Å². The average molecular weight is 182 g/mol. The zero-order valence-corrected chi connectivity index (χ0v) is 8.33. The van der Waals surface area contributed by atoms with Crippen LogP contribution < -0.4 is 5.32 Å². The molecule has 3 heteroatoms. The van der Waals surface area contributed by atoms with Crippen LogP contribution in [0.1, 0.15) is 0 Å². The maximum Gasteiger partial charge on any atom is 0.0606 e. The Balaban J connectivity index is 4.06. The number of rotatable bonds is 6. The van der Waals surface area contributed by atoms with Crippen molar-refractivity contribution in [1.29, 1.82) is 0 Å². The molecule has 0 aromatic carbocycles. The van der Waals surface area contributed by atoms with Gasteiger partial charge in [0.05, 0.1) is 6.61 Å². The van der Waals surface area contributed by atoms with Crippen LogP contribution in [0.25, 0.3) is 0 Å². The van der Waals surface area contributed by atoms with Gasteiger partial charge < -0.3 is 15.3 Å². The molecule has 0 aromatic rings. The lowest BCUT2D eigenvalue weighted by Gasteiger charge is -2.11. The highest BCUT2D eigenvalue weighted by Crippen LogP contribution is 1.93. The number of nitrogens with one attached hydrogen (secondary N) is 1. The summed E-state index contributed by atoms with van der Waals surface area (Å²) in [4.78, 5) is 1.91. The van der Waals surface area contributed by atoms with Crippen molar-refractivity contribution in [3.8, 4) is 0 Å². The quantitative estimate of drug-likeness (QED) is 0.594. The van der Waals surface area contributed by atoms with Crippen LogP contribution in [-0.2, 0) is 0 Å². The van der Waals surface area contributed by atoms with Crippen molar-refractivity contribution in [2.45, 2.75) is 0 Å². The molecule has 0 spiro atoms. The van der Waals surface area contributed by atoms with Crippen LogP contribution in [0, 0.1) is 0 Å². The minimum absolute atomic E-state index is 0.168. The third kappa shape index (κ3) is 5.99. The van der Waals surface area contributed by atoms with Crippen LogP contribution in [0.5, 0.6) is 0 Å². The summed E-state index contributed by atoms with van der Waals surface area (Å²) < 4.78 is 0. The highest BCUT2D eigenvalue weighted by Gasteiger charge is 1.88. The number of allylic oxidation sites excluding steroid dienone is 3. The maximum atomic E-state index is 8.64. The monoisotopic (exact) mass is 182 g/mol. The average Bonchev–Trinajstić information content (AvgIpc) is 2.12. The first-order chi connectivity index (χ1) is 6.24. The van der Waals surface area contributed by atoms with E-state index >= 15 is 0 Å². The molecule has 0 heterocycles. The molecule has 0 atom stereocenters. The SMILES string of the molecule is C=C/C=C(\C=C/N(C)CCO)NC. The lowest BCUT2D eigenvalue weighted by Crippen LogP contribution is -2.15. The second-order valence-corrected chi connectivity index (χ2v) is 2.63. The molecule has 0 radical (unpaired) electrons. The number of likely N-dealkylation sites (N-methyl/N-ethyl adjacent to an activating group) is 2. The molecule has 0 bridgehead atoms. The van der Waals surface area contributed by atoms with Crippen LogP contribution in [-0.4, -0.2) is 37.3 Å². The van der Waals surface area contributed by atoms with Gasteiger partial charge in [-0.2, -0.15) is 0 Å². The van der Waals surface area contributed by atoms with Crippen molar-refractivity contribution in [2.75, 3.05) is 27.2 Å². The van der Waals surface area contributed by atoms with Crippen molar-refractivity contribution in [3.63, 3.8) is 0 Å². The fourth-order valence-corrected chi connectivity index (χ4v) is 0.789. The van der Waals surface area contributed by atoms with E-state index < -0.39 is 0 Å². The van der Waals surface area contributed by atoms with Crippen LogP contribution in [0.15, 0.2) is 36.7 Å². The van der Waals surface area contributed by atoms with Gasteiger partial charge in [-0.3, -0.25) is 0 Å². The normalized spacial score (nSPS) is 11.8. The molecule has 0 aliphatic heterocycles.